The summed E-state index contributed by atoms with van der Waals surface area (Å²) in [6, 6.07) is 7.66. The highest BCUT2D eigenvalue weighted by Gasteiger charge is 2.29. The summed E-state index contributed by atoms with van der Waals surface area (Å²) in [5.74, 6) is -2.26. The summed E-state index contributed by atoms with van der Waals surface area (Å²) >= 11 is 1.32. The van der Waals surface area contributed by atoms with E-state index >= 15 is 0 Å². The second-order valence-electron chi connectivity index (χ2n) is 6.74. The number of hydrogen-bond donors (Lipinski definition) is 2. The topological polar surface area (TPSA) is 96.9 Å². The SMILES string of the molecule is CCOC(=O)c1c(NC(=O)C(=O)N/N=C(\C)c2ccc(C)cc2)sc2c1CCC2. The number of fused-ring (bicyclic) bond motifs is 1. The molecule has 29 heavy (non-hydrogen) atoms. The quantitative estimate of drug-likeness (QED) is 0.340. The van der Waals surface area contributed by atoms with E-state index in [9.17, 15) is 14.4 Å². The van der Waals surface area contributed by atoms with Crippen LogP contribution in [0.4, 0.5) is 5.00 Å². The van der Waals surface area contributed by atoms with E-state index in [-0.39, 0.29) is 6.61 Å². The van der Waals surface area contributed by atoms with Crippen molar-refractivity contribution in [2.24, 2.45) is 5.10 Å². The van der Waals surface area contributed by atoms with Gasteiger partial charge in [-0.15, -0.1) is 11.3 Å². The van der Waals surface area contributed by atoms with Gasteiger partial charge in [0, 0.05) is 4.88 Å². The molecule has 0 fully saturated rings. The Balaban J connectivity index is 1.70. The summed E-state index contributed by atoms with van der Waals surface area (Å²) in [6.45, 7) is 5.69. The van der Waals surface area contributed by atoms with Crippen LogP contribution in [-0.4, -0.2) is 30.1 Å². The molecule has 0 unspecified atom stereocenters. The molecular formula is C21H23N3O4S. The maximum Gasteiger partial charge on any atom is 0.341 e. The van der Waals surface area contributed by atoms with Gasteiger partial charge in [-0.25, -0.2) is 10.2 Å². The number of benzene rings is 1. The summed E-state index contributed by atoms with van der Waals surface area (Å²) in [4.78, 5) is 37.9. The van der Waals surface area contributed by atoms with Gasteiger partial charge in [-0.3, -0.25) is 9.59 Å². The monoisotopic (exact) mass is 413 g/mol. The van der Waals surface area contributed by atoms with E-state index in [0.29, 0.717) is 16.3 Å². The molecule has 0 saturated heterocycles. The summed E-state index contributed by atoms with van der Waals surface area (Å²) in [5, 5.41) is 6.89. The van der Waals surface area contributed by atoms with Crippen LogP contribution in [0.2, 0.25) is 0 Å². The van der Waals surface area contributed by atoms with Crippen molar-refractivity contribution in [3.63, 3.8) is 0 Å². The van der Waals surface area contributed by atoms with Crippen molar-refractivity contribution in [3.8, 4) is 0 Å². The van der Waals surface area contributed by atoms with E-state index in [0.717, 1.165) is 40.8 Å². The Morgan fingerprint density at radius 3 is 2.55 bits per heavy atom. The van der Waals surface area contributed by atoms with Gasteiger partial charge >= 0.3 is 17.8 Å². The molecule has 2 amide bonds. The van der Waals surface area contributed by atoms with Crippen LogP contribution in [-0.2, 0) is 27.2 Å². The van der Waals surface area contributed by atoms with Gasteiger partial charge in [0.15, 0.2) is 0 Å². The Kier molecular flexibility index (Phi) is 6.43. The van der Waals surface area contributed by atoms with Gasteiger partial charge < -0.3 is 10.1 Å². The zero-order valence-corrected chi connectivity index (χ0v) is 17.4. The van der Waals surface area contributed by atoms with Gasteiger partial charge in [-0.2, -0.15) is 5.10 Å². The zero-order chi connectivity index (χ0) is 21.0. The lowest BCUT2D eigenvalue weighted by molar-refractivity contribution is -0.136. The molecule has 1 heterocycles. The molecule has 1 aliphatic rings. The minimum atomic E-state index is -0.903. The Morgan fingerprint density at radius 2 is 1.86 bits per heavy atom. The lowest BCUT2D eigenvalue weighted by Crippen LogP contribution is -2.33. The smallest absolute Gasteiger partial charge is 0.341 e. The largest absolute Gasteiger partial charge is 0.462 e. The molecule has 1 aromatic carbocycles. The van der Waals surface area contributed by atoms with Gasteiger partial charge in [0.05, 0.1) is 17.9 Å². The highest BCUT2D eigenvalue weighted by molar-refractivity contribution is 7.17. The van der Waals surface area contributed by atoms with Gasteiger partial charge in [0.2, 0.25) is 0 Å². The van der Waals surface area contributed by atoms with Crippen LogP contribution in [0.5, 0.6) is 0 Å². The van der Waals surface area contributed by atoms with E-state index < -0.39 is 17.8 Å². The molecule has 152 valence electrons. The molecule has 0 aliphatic heterocycles. The molecule has 2 N–H and O–H groups in total. The summed E-state index contributed by atoms with van der Waals surface area (Å²) in [5.41, 5.74) is 6.08. The molecule has 1 aromatic heterocycles. The number of anilines is 1. The second-order valence-corrected chi connectivity index (χ2v) is 7.85. The molecule has 0 radical (unpaired) electrons. The fraction of sp³-hybridized carbons (Fsp3) is 0.333. The van der Waals surface area contributed by atoms with Crippen molar-refractivity contribution in [2.45, 2.75) is 40.0 Å². The molecule has 7 nitrogen and oxygen atoms in total. The van der Waals surface area contributed by atoms with Crippen LogP contribution >= 0.6 is 11.3 Å². The third-order valence-electron chi connectivity index (χ3n) is 4.63. The number of ether oxygens (including phenoxy) is 1. The molecule has 1 aliphatic carbocycles. The first-order valence-electron chi connectivity index (χ1n) is 9.45. The van der Waals surface area contributed by atoms with Gasteiger partial charge in [-0.05, 0) is 51.2 Å². The molecule has 0 saturated carbocycles. The van der Waals surface area contributed by atoms with Gasteiger partial charge in [-0.1, -0.05) is 29.8 Å². The maximum absolute atomic E-state index is 12.3. The minimum absolute atomic E-state index is 0.240. The first kappa shape index (κ1) is 20.7. The second kappa shape index (κ2) is 9.00. The van der Waals surface area contributed by atoms with Gasteiger partial charge in [0.25, 0.3) is 0 Å². The standard InChI is InChI=1S/C21H23N3O4S/c1-4-28-21(27)17-15-6-5-7-16(15)29-20(17)22-18(25)19(26)24-23-13(3)14-10-8-12(2)9-11-14/h8-11H,4-7H2,1-3H3,(H,22,25)(H,24,26)/b23-13+. The Morgan fingerprint density at radius 1 is 1.14 bits per heavy atom. The van der Waals surface area contributed by atoms with E-state index in [1.165, 1.54) is 11.3 Å². The fourth-order valence-electron chi connectivity index (χ4n) is 3.12. The predicted octanol–water partition coefficient (Wildman–Crippen LogP) is 3.20. The number of rotatable bonds is 5. The number of aryl methyl sites for hydroxylation is 2. The maximum atomic E-state index is 12.3. The van der Waals surface area contributed by atoms with Crippen LogP contribution in [0.25, 0.3) is 0 Å². The van der Waals surface area contributed by atoms with E-state index in [1.807, 2.05) is 31.2 Å². The predicted molar refractivity (Wildman–Crippen MR) is 112 cm³/mol. The highest BCUT2D eigenvalue weighted by Crippen LogP contribution is 2.39. The van der Waals surface area contributed by atoms with Crippen molar-refractivity contribution in [1.29, 1.82) is 0 Å². The Hall–Kier alpha value is -3.00. The number of nitrogens with one attached hydrogen (secondary N) is 2. The molecule has 0 bridgehead atoms. The number of amides is 2. The average molecular weight is 413 g/mol. The molecular weight excluding hydrogens is 390 g/mol. The summed E-state index contributed by atoms with van der Waals surface area (Å²) in [7, 11) is 0. The zero-order valence-electron chi connectivity index (χ0n) is 16.6. The number of nitrogens with zero attached hydrogens (tertiary/aromatic N) is 1. The normalized spacial score (nSPS) is 13.0. The number of carbonyl (C=O) groups excluding carboxylic acids is 3. The van der Waals surface area contributed by atoms with Gasteiger partial charge in [0.1, 0.15) is 5.00 Å². The lowest BCUT2D eigenvalue weighted by Gasteiger charge is -2.07. The summed E-state index contributed by atoms with van der Waals surface area (Å²) in [6.07, 6.45) is 2.59. The van der Waals surface area contributed by atoms with Crippen LogP contribution < -0.4 is 10.7 Å². The molecule has 0 spiro atoms. The third kappa shape index (κ3) is 4.71. The van der Waals surface area contributed by atoms with Crippen molar-refractivity contribution in [3.05, 3.63) is 51.4 Å². The van der Waals surface area contributed by atoms with Crippen LogP contribution in [0.3, 0.4) is 0 Å². The Bertz CT molecular complexity index is 977. The molecule has 2 aromatic rings. The number of carbonyl (C=O) groups is 3. The van der Waals surface area contributed by atoms with Crippen molar-refractivity contribution < 1.29 is 19.1 Å². The molecule has 8 heteroatoms. The fourth-order valence-corrected chi connectivity index (χ4v) is 4.39. The first-order valence-corrected chi connectivity index (χ1v) is 10.3. The molecule has 0 atom stereocenters. The minimum Gasteiger partial charge on any atom is -0.462 e. The number of hydrogen-bond acceptors (Lipinski definition) is 6. The van der Waals surface area contributed by atoms with Crippen LogP contribution in [0, 0.1) is 6.92 Å². The highest BCUT2D eigenvalue weighted by atomic mass is 32.1. The van der Waals surface area contributed by atoms with E-state index in [2.05, 4.69) is 15.8 Å². The van der Waals surface area contributed by atoms with Crippen molar-refractivity contribution in [2.75, 3.05) is 11.9 Å². The van der Waals surface area contributed by atoms with E-state index in [1.54, 1.807) is 13.8 Å². The Labute approximate surface area is 173 Å². The number of hydrazone groups is 1. The van der Waals surface area contributed by atoms with Crippen molar-refractivity contribution in [1.82, 2.24) is 5.43 Å². The van der Waals surface area contributed by atoms with Crippen LogP contribution in [0.15, 0.2) is 29.4 Å². The summed E-state index contributed by atoms with van der Waals surface area (Å²) < 4.78 is 5.12. The lowest BCUT2D eigenvalue weighted by atomic mass is 10.1. The number of thiophene rings is 1. The first-order chi connectivity index (χ1) is 13.9. The number of esters is 1. The molecule has 3 rings (SSSR count). The van der Waals surface area contributed by atoms with Crippen molar-refractivity contribution >= 4 is 39.8 Å². The average Bonchev–Trinajstić information content (AvgIpc) is 3.27. The van der Waals surface area contributed by atoms with E-state index in [4.69, 9.17) is 4.74 Å². The van der Waals surface area contributed by atoms with Crippen LogP contribution in [0.1, 0.15) is 52.2 Å². The third-order valence-corrected chi connectivity index (χ3v) is 5.84.